The molecular formula is C20H17N3O6S. The second kappa shape index (κ2) is 7.23. The number of benzene rings is 2. The Hall–Kier alpha value is -3.79. The first kappa shape index (κ1) is 19.5. The van der Waals surface area contributed by atoms with E-state index in [9.17, 15) is 23.1 Å². The van der Waals surface area contributed by atoms with Crippen molar-refractivity contribution < 1.29 is 23.1 Å². The van der Waals surface area contributed by atoms with E-state index in [4.69, 9.17) is 4.74 Å². The van der Waals surface area contributed by atoms with E-state index in [1.54, 1.807) is 6.92 Å². The number of aromatic hydroxyl groups is 1. The molecule has 0 aliphatic rings. The minimum atomic E-state index is -3.97. The number of ether oxygens (including phenoxy) is 1. The van der Waals surface area contributed by atoms with Crippen LogP contribution in [0.25, 0.3) is 21.8 Å². The fourth-order valence-corrected chi connectivity index (χ4v) is 4.27. The second-order valence-electron chi connectivity index (χ2n) is 6.49. The lowest BCUT2D eigenvalue weighted by Crippen LogP contribution is -2.13. The van der Waals surface area contributed by atoms with Crippen LogP contribution in [0.3, 0.4) is 0 Å². The summed E-state index contributed by atoms with van der Waals surface area (Å²) in [7, 11) is -3.97. The maximum atomic E-state index is 12.8. The van der Waals surface area contributed by atoms with Crippen molar-refractivity contribution in [3.8, 4) is 5.75 Å². The number of sulfonamides is 1. The van der Waals surface area contributed by atoms with Crippen LogP contribution in [0.2, 0.25) is 0 Å². The van der Waals surface area contributed by atoms with Crippen LogP contribution in [0.1, 0.15) is 17.3 Å². The average Bonchev–Trinajstić information content (AvgIpc) is 3.16. The third-order valence-electron chi connectivity index (χ3n) is 4.54. The lowest BCUT2D eigenvalue weighted by Gasteiger charge is -2.10. The maximum absolute atomic E-state index is 12.8. The largest absolute Gasteiger partial charge is 0.508 e. The van der Waals surface area contributed by atoms with Crippen LogP contribution in [0.15, 0.2) is 58.4 Å². The molecule has 0 aliphatic carbocycles. The zero-order valence-electron chi connectivity index (χ0n) is 15.7. The molecule has 0 bridgehead atoms. The number of anilines is 1. The van der Waals surface area contributed by atoms with Gasteiger partial charge in [0, 0.05) is 28.2 Å². The zero-order valence-corrected chi connectivity index (χ0v) is 16.5. The van der Waals surface area contributed by atoms with Gasteiger partial charge in [-0.05, 0) is 49.4 Å². The molecule has 2 heterocycles. The molecule has 0 atom stereocenters. The highest BCUT2D eigenvalue weighted by molar-refractivity contribution is 7.92. The monoisotopic (exact) mass is 427 g/mol. The molecule has 0 unspecified atom stereocenters. The summed E-state index contributed by atoms with van der Waals surface area (Å²) >= 11 is 0. The molecule has 0 saturated carbocycles. The Bertz CT molecular complexity index is 1440. The maximum Gasteiger partial charge on any atom is 0.340 e. The first-order valence-corrected chi connectivity index (χ1v) is 10.4. The normalized spacial score (nSPS) is 11.6. The third-order valence-corrected chi connectivity index (χ3v) is 5.92. The Morgan fingerprint density at radius 1 is 1.17 bits per heavy atom. The topological polar surface area (TPSA) is 141 Å². The van der Waals surface area contributed by atoms with Gasteiger partial charge in [0.15, 0.2) is 0 Å². The van der Waals surface area contributed by atoms with Crippen molar-refractivity contribution in [1.82, 2.24) is 9.97 Å². The number of aromatic amines is 2. The number of pyridine rings is 1. The number of phenolic OH excluding ortho intramolecular Hbond substituents is 1. The molecule has 2 aromatic heterocycles. The van der Waals surface area contributed by atoms with E-state index >= 15 is 0 Å². The molecule has 154 valence electrons. The molecule has 0 amide bonds. The number of aromatic nitrogens is 2. The summed E-state index contributed by atoms with van der Waals surface area (Å²) in [4.78, 5) is 30.0. The average molecular weight is 427 g/mol. The molecular weight excluding hydrogens is 410 g/mol. The van der Waals surface area contributed by atoms with E-state index in [-0.39, 0.29) is 39.4 Å². The van der Waals surface area contributed by atoms with Gasteiger partial charge in [-0.3, -0.25) is 9.52 Å². The third kappa shape index (κ3) is 3.37. The Labute approximate surface area is 170 Å². The SMILES string of the molecule is CCOC(=O)c1c[nH]c2c(=O)[nH]c3ccc(S(=O)(=O)Nc4ccc(O)cc4)cc3c12. The van der Waals surface area contributed by atoms with Gasteiger partial charge in [0.2, 0.25) is 0 Å². The summed E-state index contributed by atoms with van der Waals surface area (Å²) in [5, 5.41) is 10.0. The van der Waals surface area contributed by atoms with E-state index in [2.05, 4.69) is 14.7 Å². The Morgan fingerprint density at radius 3 is 2.60 bits per heavy atom. The number of esters is 1. The van der Waals surface area contributed by atoms with Gasteiger partial charge < -0.3 is 19.8 Å². The zero-order chi connectivity index (χ0) is 21.5. The summed E-state index contributed by atoms with van der Waals surface area (Å²) in [6.07, 6.45) is 1.37. The van der Waals surface area contributed by atoms with Crippen molar-refractivity contribution in [3.63, 3.8) is 0 Å². The van der Waals surface area contributed by atoms with Crippen LogP contribution in [0.5, 0.6) is 5.75 Å². The van der Waals surface area contributed by atoms with E-state index in [0.29, 0.717) is 10.9 Å². The molecule has 30 heavy (non-hydrogen) atoms. The van der Waals surface area contributed by atoms with Gasteiger partial charge in [0.05, 0.1) is 17.1 Å². The molecule has 0 fully saturated rings. The Morgan fingerprint density at radius 2 is 1.90 bits per heavy atom. The first-order valence-electron chi connectivity index (χ1n) is 8.96. The van der Waals surface area contributed by atoms with Gasteiger partial charge >= 0.3 is 5.97 Å². The highest BCUT2D eigenvalue weighted by Gasteiger charge is 2.21. The number of fused-ring (bicyclic) bond motifs is 3. The van der Waals surface area contributed by atoms with Gasteiger partial charge in [-0.1, -0.05) is 0 Å². The number of nitrogens with one attached hydrogen (secondary N) is 3. The molecule has 10 heteroatoms. The van der Waals surface area contributed by atoms with Gasteiger partial charge in [-0.25, -0.2) is 13.2 Å². The number of H-pyrrole nitrogens is 2. The van der Waals surface area contributed by atoms with Crippen molar-refractivity contribution in [3.05, 3.63) is 64.6 Å². The quantitative estimate of drug-likeness (QED) is 0.285. The summed E-state index contributed by atoms with van der Waals surface area (Å²) in [6, 6.07) is 9.76. The van der Waals surface area contributed by atoms with Crippen LogP contribution < -0.4 is 10.3 Å². The summed E-state index contributed by atoms with van der Waals surface area (Å²) in [5.41, 5.74) is 0.496. The van der Waals surface area contributed by atoms with Crippen LogP contribution in [-0.2, 0) is 14.8 Å². The van der Waals surface area contributed by atoms with E-state index in [0.717, 1.165) is 0 Å². The van der Waals surface area contributed by atoms with Crippen molar-refractivity contribution in [2.24, 2.45) is 0 Å². The standard InChI is InChI=1S/C20H17N3O6S/c1-2-29-20(26)15-10-21-18-17(15)14-9-13(7-8-16(14)22-19(18)25)30(27,28)23-11-3-5-12(24)6-4-11/h3-10,21,23-24H,2H2,1H3,(H,22,25). The van der Waals surface area contributed by atoms with Crippen molar-refractivity contribution in [1.29, 1.82) is 0 Å². The molecule has 4 N–H and O–H groups in total. The van der Waals surface area contributed by atoms with Crippen molar-refractivity contribution in [2.75, 3.05) is 11.3 Å². The van der Waals surface area contributed by atoms with Crippen molar-refractivity contribution >= 4 is 43.5 Å². The van der Waals surface area contributed by atoms with Gasteiger partial charge in [-0.2, -0.15) is 0 Å². The summed E-state index contributed by atoms with van der Waals surface area (Å²) in [6.45, 7) is 1.82. The molecule has 2 aromatic carbocycles. The number of hydrogen-bond acceptors (Lipinski definition) is 6. The van der Waals surface area contributed by atoms with Crippen LogP contribution in [-0.4, -0.2) is 36.1 Å². The van der Waals surface area contributed by atoms with E-state index < -0.39 is 21.6 Å². The highest BCUT2D eigenvalue weighted by Crippen LogP contribution is 2.28. The molecule has 4 rings (SSSR count). The van der Waals surface area contributed by atoms with Crippen LogP contribution >= 0.6 is 0 Å². The molecule has 0 radical (unpaired) electrons. The number of carbonyl (C=O) groups is 1. The molecule has 0 spiro atoms. The lowest BCUT2D eigenvalue weighted by molar-refractivity contribution is 0.0529. The molecule has 0 aliphatic heterocycles. The first-order chi connectivity index (χ1) is 14.3. The number of hydrogen-bond donors (Lipinski definition) is 4. The smallest absolute Gasteiger partial charge is 0.340 e. The highest BCUT2D eigenvalue weighted by atomic mass is 32.2. The predicted octanol–water partition coefficient (Wildman–Crippen LogP) is 2.69. The molecule has 4 aromatic rings. The van der Waals surface area contributed by atoms with E-state index in [1.807, 2.05) is 0 Å². The van der Waals surface area contributed by atoms with Gasteiger partial charge in [-0.15, -0.1) is 0 Å². The minimum absolute atomic E-state index is 0.00829. The Kier molecular flexibility index (Phi) is 4.70. The summed E-state index contributed by atoms with van der Waals surface area (Å²) < 4.78 is 33.2. The number of carbonyl (C=O) groups excluding carboxylic acids is 1. The number of phenols is 1. The lowest BCUT2D eigenvalue weighted by atomic mass is 10.1. The molecule has 0 saturated heterocycles. The van der Waals surface area contributed by atoms with Crippen LogP contribution in [0, 0.1) is 0 Å². The fourth-order valence-electron chi connectivity index (χ4n) is 3.19. The number of rotatable bonds is 5. The van der Waals surface area contributed by atoms with Crippen LogP contribution in [0.4, 0.5) is 5.69 Å². The molecule has 9 nitrogen and oxygen atoms in total. The Balaban J connectivity index is 1.88. The van der Waals surface area contributed by atoms with Gasteiger partial charge in [0.25, 0.3) is 15.6 Å². The predicted molar refractivity (Wildman–Crippen MR) is 111 cm³/mol. The van der Waals surface area contributed by atoms with E-state index in [1.165, 1.54) is 48.7 Å². The van der Waals surface area contributed by atoms with Crippen molar-refractivity contribution in [2.45, 2.75) is 11.8 Å². The van der Waals surface area contributed by atoms with Gasteiger partial charge in [0.1, 0.15) is 11.3 Å². The minimum Gasteiger partial charge on any atom is -0.508 e. The second-order valence-corrected chi connectivity index (χ2v) is 8.17. The summed E-state index contributed by atoms with van der Waals surface area (Å²) in [5.74, 6) is -0.611. The fraction of sp³-hybridized carbons (Fsp3) is 0.100.